The van der Waals surface area contributed by atoms with E-state index in [9.17, 15) is 0 Å². The predicted octanol–water partition coefficient (Wildman–Crippen LogP) is 2.67. The summed E-state index contributed by atoms with van der Waals surface area (Å²) in [5.41, 5.74) is 2.48. The minimum Gasteiger partial charge on any atom is -0.382 e. The van der Waals surface area contributed by atoms with E-state index in [-0.39, 0.29) is 0 Å². The van der Waals surface area contributed by atoms with E-state index < -0.39 is 0 Å². The molecule has 1 aliphatic heterocycles. The lowest BCUT2D eigenvalue weighted by Gasteiger charge is -2.16. The third-order valence-electron chi connectivity index (χ3n) is 3.06. The smallest absolute Gasteiger partial charge is 0.0459 e. The Kier molecular flexibility index (Phi) is 3.17. The Labute approximate surface area is 96.0 Å². The zero-order valence-electron chi connectivity index (χ0n) is 9.18. The van der Waals surface area contributed by atoms with Crippen molar-refractivity contribution in [3.8, 4) is 0 Å². The molecule has 0 aromatic heterocycles. The van der Waals surface area contributed by atoms with Crippen molar-refractivity contribution in [2.45, 2.75) is 31.8 Å². The van der Waals surface area contributed by atoms with E-state index in [1.165, 1.54) is 11.3 Å². The van der Waals surface area contributed by atoms with Gasteiger partial charge in [-0.15, -0.1) is 0 Å². The van der Waals surface area contributed by atoms with E-state index in [1.54, 1.807) is 0 Å². The molecule has 0 radical (unpaired) electrons. The molecule has 2 nitrogen and oxygen atoms in total. The van der Waals surface area contributed by atoms with Gasteiger partial charge in [-0.3, -0.25) is 0 Å². The molecule has 2 atom stereocenters. The first kappa shape index (κ1) is 10.8. The first-order valence-corrected chi connectivity index (χ1v) is 5.79. The van der Waals surface area contributed by atoms with Crippen LogP contribution < -0.4 is 10.6 Å². The molecule has 2 rings (SSSR count). The van der Waals surface area contributed by atoms with Crippen molar-refractivity contribution >= 4 is 17.3 Å². The number of anilines is 1. The van der Waals surface area contributed by atoms with Gasteiger partial charge in [0.25, 0.3) is 0 Å². The van der Waals surface area contributed by atoms with Crippen molar-refractivity contribution < 1.29 is 0 Å². The van der Waals surface area contributed by atoms with E-state index in [1.807, 2.05) is 19.2 Å². The van der Waals surface area contributed by atoms with Gasteiger partial charge in [0.2, 0.25) is 0 Å². The fraction of sp³-hybridized carbons (Fsp3) is 0.500. The van der Waals surface area contributed by atoms with Gasteiger partial charge in [0.05, 0.1) is 0 Å². The Balaban J connectivity index is 2.06. The minimum absolute atomic E-state index is 0.516. The molecule has 1 aliphatic rings. The second-order valence-electron chi connectivity index (χ2n) is 4.24. The van der Waals surface area contributed by atoms with Crippen molar-refractivity contribution in [3.63, 3.8) is 0 Å². The normalized spacial score (nSPS) is 20.9. The van der Waals surface area contributed by atoms with Crippen LogP contribution >= 0.6 is 11.6 Å². The van der Waals surface area contributed by atoms with Gasteiger partial charge >= 0.3 is 0 Å². The summed E-state index contributed by atoms with van der Waals surface area (Å²) in [6.07, 6.45) is 2.17. The van der Waals surface area contributed by atoms with Crippen LogP contribution in [0.15, 0.2) is 18.2 Å². The monoisotopic (exact) mass is 224 g/mol. The van der Waals surface area contributed by atoms with Crippen LogP contribution in [-0.2, 0) is 6.42 Å². The standard InChI is InChI=1S/C12H17ClN2/c1-8(14-2)6-9-7-10-11(13)4-3-5-12(10)15-9/h3-5,8-9,14-15H,6-7H2,1-2H3. The quantitative estimate of drug-likeness (QED) is 0.825. The van der Waals surface area contributed by atoms with E-state index in [0.717, 1.165) is 17.9 Å². The molecule has 15 heavy (non-hydrogen) atoms. The van der Waals surface area contributed by atoms with Gasteiger partial charge < -0.3 is 10.6 Å². The van der Waals surface area contributed by atoms with Crippen molar-refractivity contribution in [3.05, 3.63) is 28.8 Å². The molecule has 0 aliphatic carbocycles. The third kappa shape index (κ3) is 2.27. The Hall–Kier alpha value is -0.730. The maximum atomic E-state index is 6.15. The third-order valence-corrected chi connectivity index (χ3v) is 3.41. The first-order chi connectivity index (χ1) is 7.20. The molecule has 2 unspecified atom stereocenters. The summed E-state index contributed by atoms with van der Waals surface area (Å²) in [7, 11) is 2.00. The van der Waals surface area contributed by atoms with Gasteiger partial charge in [0, 0.05) is 22.8 Å². The number of fused-ring (bicyclic) bond motifs is 1. The van der Waals surface area contributed by atoms with Gasteiger partial charge in [-0.1, -0.05) is 17.7 Å². The van der Waals surface area contributed by atoms with Gasteiger partial charge in [-0.2, -0.15) is 0 Å². The average molecular weight is 225 g/mol. The van der Waals surface area contributed by atoms with Crippen LogP contribution in [-0.4, -0.2) is 19.1 Å². The molecule has 0 saturated carbocycles. The molecule has 0 bridgehead atoms. The zero-order valence-corrected chi connectivity index (χ0v) is 9.93. The summed E-state index contributed by atoms with van der Waals surface area (Å²) in [4.78, 5) is 0. The number of nitrogens with one attached hydrogen (secondary N) is 2. The van der Waals surface area contributed by atoms with E-state index in [2.05, 4.69) is 23.6 Å². The molecule has 0 amide bonds. The molecule has 2 N–H and O–H groups in total. The Morgan fingerprint density at radius 2 is 2.40 bits per heavy atom. The van der Waals surface area contributed by atoms with Crippen molar-refractivity contribution in [2.24, 2.45) is 0 Å². The molecule has 0 fully saturated rings. The number of halogens is 1. The molecule has 1 heterocycles. The minimum atomic E-state index is 0.516. The highest BCUT2D eigenvalue weighted by atomic mass is 35.5. The summed E-state index contributed by atoms with van der Waals surface area (Å²) < 4.78 is 0. The molecule has 82 valence electrons. The topological polar surface area (TPSA) is 24.1 Å². The highest BCUT2D eigenvalue weighted by molar-refractivity contribution is 6.31. The van der Waals surface area contributed by atoms with Gasteiger partial charge in [0.1, 0.15) is 0 Å². The number of hydrogen-bond donors (Lipinski definition) is 2. The van der Waals surface area contributed by atoms with Crippen molar-refractivity contribution in [1.82, 2.24) is 5.32 Å². The predicted molar refractivity (Wildman–Crippen MR) is 65.7 cm³/mol. The van der Waals surface area contributed by atoms with Crippen LogP contribution in [0.1, 0.15) is 18.9 Å². The molecule has 1 aromatic carbocycles. The van der Waals surface area contributed by atoms with E-state index in [0.29, 0.717) is 12.1 Å². The van der Waals surface area contributed by atoms with E-state index in [4.69, 9.17) is 11.6 Å². The average Bonchev–Trinajstić information content (AvgIpc) is 2.62. The summed E-state index contributed by atoms with van der Waals surface area (Å²) in [5, 5.41) is 7.66. The first-order valence-electron chi connectivity index (χ1n) is 5.42. The lowest BCUT2D eigenvalue weighted by atomic mass is 10.0. The number of hydrogen-bond acceptors (Lipinski definition) is 2. The van der Waals surface area contributed by atoms with Gasteiger partial charge in [-0.05, 0) is 44.5 Å². The summed E-state index contributed by atoms with van der Waals surface area (Å²) in [6, 6.07) is 7.12. The van der Waals surface area contributed by atoms with Gasteiger partial charge in [0.15, 0.2) is 0 Å². The molecule has 0 saturated heterocycles. The largest absolute Gasteiger partial charge is 0.382 e. The van der Waals surface area contributed by atoms with Crippen LogP contribution in [0.4, 0.5) is 5.69 Å². The van der Waals surface area contributed by atoms with Gasteiger partial charge in [-0.25, -0.2) is 0 Å². The summed E-state index contributed by atoms with van der Waals surface area (Å²) in [6.45, 7) is 2.20. The van der Waals surface area contributed by atoms with Crippen LogP contribution in [0.3, 0.4) is 0 Å². The van der Waals surface area contributed by atoms with Crippen LogP contribution in [0.2, 0.25) is 5.02 Å². The molecule has 0 spiro atoms. The maximum absolute atomic E-state index is 6.15. The lowest BCUT2D eigenvalue weighted by Crippen LogP contribution is -2.29. The fourth-order valence-corrected chi connectivity index (χ4v) is 2.36. The SMILES string of the molecule is CNC(C)CC1Cc2c(Cl)cccc2N1. The Morgan fingerprint density at radius 1 is 1.60 bits per heavy atom. The highest BCUT2D eigenvalue weighted by Gasteiger charge is 2.23. The van der Waals surface area contributed by atoms with Crippen LogP contribution in [0.25, 0.3) is 0 Å². The molecular formula is C12H17ClN2. The molecule has 3 heteroatoms. The van der Waals surface area contributed by atoms with Crippen LogP contribution in [0, 0.1) is 0 Å². The fourth-order valence-electron chi connectivity index (χ4n) is 2.11. The second-order valence-corrected chi connectivity index (χ2v) is 4.64. The maximum Gasteiger partial charge on any atom is 0.0459 e. The number of benzene rings is 1. The Morgan fingerprint density at radius 3 is 3.07 bits per heavy atom. The van der Waals surface area contributed by atoms with E-state index >= 15 is 0 Å². The Bertz CT molecular complexity index is 351. The van der Waals surface area contributed by atoms with Crippen LogP contribution in [0.5, 0.6) is 0 Å². The summed E-state index contributed by atoms with van der Waals surface area (Å²) in [5.74, 6) is 0. The lowest BCUT2D eigenvalue weighted by molar-refractivity contribution is 0.518. The molecular weight excluding hydrogens is 208 g/mol. The van der Waals surface area contributed by atoms with Crippen molar-refractivity contribution in [2.75, 3.05) is 12.4 Å². The zero-order chi connectivity index (χ0) is 10.8. The molecule has 1 aromatic rings. The number of rotatable bonds is 3. The highest BCUT2D eigenvalue weighted by Crippen LogP contribution is 2.32. The van der Waals surface area contributed by atoms with Crippen molar-refractivity contribution in [1.29, 1.82) is 0 Å². The second kappa shape index (κ2) is 4.42. The summed E-state index contributed by atoms with van der Waals surface area (Å²) >= 11 is 6.15.